The van der Waals surface area contributed by atoms with E-state index in [2.05, 4.69) is 10.3 Å². The molecule has 1 heterocycles. The van der Waals surface area contributed by atoms with Gasteiger partial charge in [0, 0.05) is 19.5 Å². The minimum absolute atomic E-state index is 0.103. The third kappa shape index (κ3) is 4.62. The van der Waals surface area contributed by atoms with Crippen LogP contribution in [-0.4, -0.2) is 39.1 Å². The third-order valence-electron chi connectivity index (χ3n) is 4.47. The van der Waals surface area contributed by atoms with Crippen LogP contribution in [0.25, 0.3) is 0 Å². The van der Waals surface area contributed by atoms with Crippen LogP contribution in [0.5, 0.6) is 0 Å². The molecule has 2 aromatic rings. The number of carbonyl (C=O) groups is 2. The second-order valence-electron chi connectivity index (χ2n) is 6.41. The van der Waals surface area contributed by atoms with E-state index in [-0.39, 0.29) is 23.7 Å². The van der Waals surface area contributed by atoms with Crippen molar-refractivity contribution in [3.63, 3.8) is 0 Å². The Morgan fingerprint density at radius 1 is 1.24 bits per heavy atom. The average molecular weight is 412 g/mol. The molecule has 29 heavy (non-hydrogen) atoms. The standard InChI is InChI=1S/C20H20N4O4S/c1-3-13-8-4-5-9-14(13)22-20-23(2)19(26)17(29-20)12-18(25)21-15-10-6-7-11-16(15)24(27)28/h4-11,17H,3,12H2,1-2H3,(H,21,25)/t17-/m0/s1. The monoisotopic (exact) mass is 412 g/mol. The molecule has 0 aliphatic carbocycles. The van der Waals surface area contributed by atoms with Gasteiger partial charge in [0.15, 0.2) is 5.17 Å². The molecule has 2 amide bonds. The molecule has 1 fully saturated rings. The van der Waals surface area contributed by atoms with Gasteiger partial charge < -0.3 is 5.32 Å². The number of nitro groups is 1. The van der Waals surface area contributed by atoms with E-state index in [9.17, 15) is 19.7 Å². The van der Waals surface area contributed by atoms with Crippen LogP contribution < -0.4 is 5.32 Å². The summed E-state index contributed by atoms with van der Waals surface area (Å²) in [6.07, 6.45) is 0.714. The van der Waals surface area contributed by atoms with Gasteiger partial charge in [0.25, 0.3) is 5.69 Å². The van der Waals surface area contributed by atoms with Gasteiger partial charge in [0.2, 0.25) is 11.8 Å². The van der Waals surface area contributed by atoms with Crippen molar-refractivity contribution in [2.24, 2.45) is 4.99 Å². The van der Waals surface area contributed by atoms with Crippen molar-refractivity contribution >= 4 is 45.8 Å². The molecule has 1 atom stereocenters. The fraction of sp³-hybridized carbons (Fsp3) is 0.250. The van der Waals surface area contributed by atoms with Crippen molar-refractivity contribution in [3.8, 4) is 0 Å². The molecule has 0 aromatic heterocycles. The van der Waals surface area contributed by atoms with Crippen molar-refractivity contribution in [1.82, 2.24) is 4.90 Å². The number of amides is 2. The van der Waals surface area contributed by atoms with Gasteiger partial charge in [0.1, 0.15) is 10.9 Å². The largest absolute Gasteiger partial charge is 0.320 e. The number of nitrogens with zero attached hydrogens (tertiary/aromatic N) is 3. The van der Waals surface area contributed by atoms with Gasteiger partial charge in [0.05, 0.1) is 10.6 Å². The molecule has 1 N–H and O–H groups in total. The highest BCUT2D eigenvalue weighted by molar-refractivity contribution is 8.15. The molecule has 0 unspecified atom stereocenters. The Morgan fingerprint density at radius 3 is 2.66 bits per heavy atom. The lowest BCUT2D eigenvalue weighted by Gasteiger charge is -2.10. The molecule has 0 bridgehead atoms. The molecule has 9 heteroatoms. The van der Waals surface area contributed by atoms with Crippen LogP contribution in [0.2, 0.25) is 0 Å². The van der Waals surface area contributed by atoms with Gasteiger partial charge in [-0.25, -0.2) is 4.99 Å². The summed E-state index contributed by atoms with van der Waals surface area (Å²) in [7, 11) is 1.63. The summed E-state index contributed by atoms with van der Waals surface area (Å²) in [5.74, 6) is -0.686. The fourth-order valence-corrected chi connectivity index (χ4v) is 4.07. The number of para-hydroxylation sites is 3. The lowest BCUT2D eigenvalue weighted by Crippen LogP contribution is -2.30. The Labute approximate surface area is 172 Å². The summed E-state index contributed by atoms with van der Waals surface area (Å²) in [6, 6.07) is 13.6. The topological polar surface area (TPSA) is 105 Å². The van der Waals surface area contributed by atoms with E-state index in [1.165, 1.54) is 34.9 Å². The number of benzene rings is 2. The predicted octanol–water partition coefficient (Wildman–Crippen LogP) is 3.75. The molecule has 1 saturated heterocycles. The van der Waals surface area contributed by atoms with Gasteiger partial charge >= 0.3 is 0 Å². The Kier molecular flexibility index (Phi) is 6.28. The summed E-state index contributed by atoms with van der Waals surface area (Å²) < 4.78 is 0. The predicted molar refractivity (Wildman–Crippen MR) is 113 cm³/mol. The van der Waals surface area contributed by atoms with Crippen LogP contribution in [0.1, 0.15) is 18.9 Å². The summed E-state index contributed by atoms with van der Waals surface area (Å²) in [5.41, 5.74) is 1.78. The number of thioether (sulfide) groups is 1. The molecule has 0 saturated carbocycles. The van der Waals surface area contributed by atoms with E-state index < -0.39 is 16.1 Å². The Hall–Kier alpha value is -3.20. The smallest absolute Gasteiger partial charge is 0.292 e. The van der Waals surface area contributed by atoms with Crippen molar-refractivity contribution in [2.75, 3.05) is 12.4 Å². The van der Waals surface area contributed by atoms with Gasteiger partial charge in [-0.1, -0.05) is 49.0 Å². The lowest BCUT2D eigenvalue weighted by molar-refractivity contribution is -0.383. The second-order valence-corrected chi connectivity index (χ2v) is 7.58. The highest BCUT2D eigenvalue weighted by atomic mass is 32.2. The Bertz CT molecular complexity index is 992. The second kappa shape index (κ2) is 8.87. The molecule has 3 rings (SSSR count). The number of nitro benzene ring substituents is 1. The summed E-state index contributed by atoms with van der Waals surface area (Å²) in [6.45, 7) is 2.03. The van der Waals surface area contributed by atoms with Crippen molar-refractivity contribution in [3.05, 3.63) is 64.2 Å². The third-order valence-corrected chi connectivity index (χ3v) is 5.70. The molecule has 8 nitrogen and oxygen atoms in total. The normalized spacial score (nSPS) is 17.6. The number of amidine groups is 1. The maximum atomic E-state index is 12.6. The number of carbonyl (C=O) groups excluding carboxylic acids is 2. The zero-order valence-corrected chi connectivity index (χ0v) is 16.8. The van der Waals surface area contributed by atoms with Crippen LogP contribution >= 0.6 is 11.8 Å². The SMILES string of the molecule is CCc1ccccc1N=C1S[C@@H](CC(=O)Nc2ccccc2[N+](=O)[O-])C(=O)N1C. The maximum Gasteiger partial charge on any atom is 0.292 e. The molecule has 0 radical (unpaired) electrons. The van der Waals surface area contributed by atoms with Gasteiger partial charge in [-0.15, -0.1) is 0 Å². The average Bonchev–Trinajstić information content (AvgIpc) is 2.96. The van der Waals surface area contributed by atoms with Gasteiger partial charge in [-0.2, -0.15) is 0 Å². The summed E-state index contributed by atoms with van der Waals surface area (Å²) in [4.78, 5) is 41.5. The molecular formula is C20H20N4O4S. The number of nitrogens with one attached hydrogen (secondary N) is 1. The van der Waals surface area contributed by atoms with E-state index in [1.54, 1.807) is 13.1 Å². The fourth-order valence-electron chi connectivity index (χ4n) is 2.93. The van der Waals surface area contributed by atoms with Crippen molar-refractivity contribution in [1.29, 1.82) is 0 Å². The first-order valence-electron chi connectivity index (χ1n) is 9.04. The number of rotatable bonds is 6. The number of anilines is 1. The van der Waals surface area contributed by atoms with Crippen LogP contribution in [0.4, 0.5) is 17.1 Å². The van der Waals surface area contributed by atoms with E-state index in [0.29, 0.717) is 5.17 Å². The lowest BCUT2D eigenvalue weighted by atomic mass is 10.1. The zero-order valence-electron chi connectivity index (χ0n) is 16.0. The molecule has 2 aromatic carbocycles. The van der Waals surface area contributed by atoms with Gasteiger partial charge in [-0.05, 0) is 24.1 Å². The van der Waals surface area contributed by atoms with E-state index in [4.69, 9.17) is 0 Å². The minimum Gasteiger partial charge on any atom is -0.320 e. The zero-order chi connectivity index (χ0) is 21.0. The summed E-state index contributed by atoms with van der Waals surface area (Å²) >= 11 is 1.22. The number of hydrogen-bond acceptors (Lipinski definition) is 6. The van der Waals surface area contributed by atoms with Crippen molar-refractivity contribution < 1.29 is 14.5 Å². The number of aliphatic imine (C=N–C) groups is 1. The van der Waals surface area contributed by atoms with E-state index in [1.807, 2.05) is 31.2 Å². The molecule has 1 aliphatic rings. The van der Waals surface area contributed by atoms with E-state index in [0.717, 1.165) is 17.7 Å². The Balaban J connectivity index is 1.73. The Morgan fingerprint density at radius 2 is 1.93 bits per heavy atom. The maximum absolute atomic E-state index is 12.6. The van der Waals surface area contributed by atoms with Crippen LogP contribution in [-0.2, 0) is 16.0 Å². The number of aryl methyl sites for hydroxylation is 1. The summed E-state index contributed by atoms with van der Waals surface area (Å²) in [5, 5.41) is 13.5. The molecule has 0 spiro atoms. The highest BCUT2D eigenvalue weighted by Gasteiger charge is 2.37. The molecule has 150 valence electrons. The van der Waals surface area contributed by atoms with Crippen molar-refractivity contribution in [2.45, 2.75) is 25.0 Å². The minimum atomic E-state index is -0.629. The molecular weight excluding hydrogens is 392 g/mol. The van der Waals surface area contributed by atoms with Crippen LogP contribution in [0.15, 0.2) is 53.5 Å². The highest BCUT2D eigenvalue weighted by Crippen LogP contribution is 2.32. The first kappa shape index (κ1) is 20.5. The molecule has 1 aliphatic heterocycles. The first-order valence-corrected chi connectivity index (χ1v) is 9.92. The quantitative estimate of drug-likeness (QED) is 0.575. The number of hydrogen-bond donors (Lipinski definition) is 1. The van der Waals surface area contributed by atoms with E-state index >= 15 is 0 Å². The van der Waals surface area contributed by atoms with Crippen LogP contribution in [0.3, 0.4) is 0 Å². The first-order chi connectivity index (χ1) is 13.9. The van der Waals surface area contributed by atoms with Gasteiger partial charge in [-0.3, -0.25) is 24.6 Å². The van der Waals surface area contributed by atoms with Crippen LogP contribution in [0, 0.1) is 10.1 Å².